The molecule has 0 aliphatic rings. The van der Waals surface area contributed by atoms with Crippen LogP contribution in [0.3, 0.4) is 0 Å². The highest BCUT2D eigenvalue weighted by atomic mass is 16.2. The van der Waals surface area contributed by atoms with Gasteiger partial charge in [-0.3, -0.25) is 24.4 Å². The predicted molar refractivity (Wildman–Crippen MR) is 154 cm³/mol. The van der Waals surface area contributed by atoms with E-state index in [9.17, 15) is 14.4 Å². The summed E-state index contributed by atoms with van der Waals surface area (Å²) in [6.07, 6.45) is 0. The lowest BCUT2D eigenvalue weighted by Gasteiger charge is -2.03. The molecule has 0 aliphatic heterocycles. The smallest absolute Gasteiger partial charge is 0.272 e. The van der Waals surface area contributed by atoms with Gasteiger partial charge in [0.05, 0.1) is 24.8 Å². The van der Waals surface area contributed by atoms with Crippen molar-refractivity contribution in [1.29, 1.82) is 0 Å². The molecule has 12 heteroatoms. The van der Waals surface area contributed by atoms with Crippen LogP contribution in [0.25, 0.3) is 21.8 Å². The van der Waals surface area contributed by atoms with Crippen LogP contribution < -0.4 is 27.4 Å². The SMILES string of the molecule is CC(N)=NCCNC(=O)c1ccc2[nH]c(C(=O)Nc3ccc4[nH]c(C(=O)NCCN=C(C)N)cc4c3)cc2c1. The van der Waals surface area contributed by atoms with E-state index in [2.05, 4.69) is 35.9 Å². The average molecular weight is 530 g/mol. The second kappa shape index (κ2) is 11.9. The molecule has 0 saturated heterocycles. The van der Waals surface area contributed by atoms with E-state index in [1.165, 1.54) is 0 Å². The van der Waals surface area contributed by atoms with Crippen LogP contribution in [0.4, 0.5) is 5.69 Å². The second-order valence-electron chi connectivity index (χ2n) is 8.98. The number of hydrogen-bond donors (Lipinski definition) is 7. The number of rotatable bonds is 10. The maximum Gasteiger partial charge on any atom is 0.272 e. The molecule has 39 heavy (non-hydrogen) atoms. The normalized spacial score (nSPS) is 12.1. The minimum absolute atomic E-state index is 0.235. The third-order valence-electron chi connectivity index (χ3n) is 5.77. The molecule has 2 aromatic heterocycles. The lowest BCUT2D eigenvalue weighted by atomic mass is 10.1. The van der Waals surface area contributed by atoms with Gasteiger partial charge in [-0.25, -0.2) is 0 Å². The second-order valence-corrected chi connectivity index (χ2v) is 8.98. The van der Waals surface area contributed by atoms with Crippen molar-refractivity contribution in [1.82, 2.24) is 20.6 Å². The Bertz CT molecular complexity index is 1590. The predicted octanol–water partition coefficient (Wildman–Crippen LogP) is 2.12. The lowest BCUT2D eigenvalue weighted by molar-refractivity contribution is 0.0944. The Balaban J connectivity index is 1.40. The number of benzene rings is 2. The molecule has 0 saturated carbocycles. The number of carbonyl (C=O) groups excluding carboxylic acids is 3. The number of aromatic nitrogens is 2. The van der Waals surface area contributed by atoms with Crippen molar-refractivity contribution >= 4 is 56.9 Å². The van der Waals surface area contributed by atoms with Crippen LogP contribution in [0, 0.1) is 0 Å². The summed E-state index contributed by atoms with van der Waals surface area (Å²) in [7, 11) is 0. The fourth-order valence-corrected chi connectivity index (χ4v) is 3.93. The first-order valence-electron chi connectivity index (χ1n) is 12.4. The molecule has 12 nitrogen and oxygen atoms in total. The van der Waals surface area contributed by atoms with Crippen LogP contribution in [0.15, 0.2) is 58.5 Å². The first-order chi connectivity index (χ1) is 18.7. The summed E-state index contributed by atoms with van der Waals surface area (Å²) in [6, 6.07) is 13.9. The molecular weight excluding hydrogens is 498 g/mol. The Morgan fingerprint density at radius 2 is 1.26 bits per heavy atom. The van der Waals surface area contributed by atoms with Gasteiger partial charge in [0.1, 0.15) is 11.4 Å². The number of nitrogens with zero attached hydrogens (tertiary/aromatic N) is 2. The molecular formula is C27H31N9O3. The minimum Gasteiger partial charge on any atom is -0.388 e. The van der Waals surface area contributed by atoms with E-state index in [0.29, 0.717) is 60.5 Å². The minimum atomic E-state index is -0.337. The molecule has 4 rings (SSSR count). The lowest BCUT2D eigenvalue weighted by Crippen LogP contribution is -2.26. The quantitative estimate of drug-likeness (QED) is 0.0937. The molecule has 0 atom stereocenters. The summed E-state index contributed by atoms with van der Waals surface area (Å²) in [5, 5.41) is 9.95. The molecule has 9 N–H and O–H groups in total. The number of aliphatic imine (C=N–C) groups is 2. The standard InChI is InChI=1S/C27H31N9O3/c1-15(28)30-7-9-32-25(37)17-3-5-21-18(11-17)13-24(36-21)27(39)34-20-4-6-22-19(12-20)14-23(35-22)26(38)33-10-8-31-16(2)29/h3-6,11-14,35-36H,7-10H2,1-2H3,(H2,28,30)(H2,29,31)(H,32,37)(H,33,38)(H,34,39). The summed E-state index contributed by atoms with van der Waals surface area (Å²) in [4.78, 5) is 52.0. The monoisotopic (exact) mass is 529 g/mol. The van der Waals surface area contributed by atoms with Gasteiger partial charge in [0.15, 0.2) is 0 Å². The third kappa shape index (κ3) is 7.01. The van der Waals surface area contributed by atoms with E-state index in [4.69, 9.17) is 11.5 Å². The van der Waals surface area contributed by atoms with E-state index < -0.39 is 0 Å². The number of amides is 3. The zero-order valence-corrected chi connectivity index (χ0v) is 21.7. The van der Waals surface area contributed by atoms with Gasteiger partial charge in [0.25, 0.3) is 17.7 Å². The highest BCUT2D eigenvalue weighted by Gasteiger charge is 2.14. The molecule has 202 valence electrons. The Morgan fingerprint density at radius 3 is 1.87 bits per heavy atom. The summed E-state index contributed by atoms with van der Waals surface area (Å²) in [5.41, 5.74) is 14.3. The maximum atomic E-state index is 12.9. The Morgan fingerprint density at radius 1 is 0.718 bits per heavy atom. The number of anilines is 1. The van der Waals surface area contributed by atoms with Gasteiger partial charge >= 0.3 is 0 Å². The van der Waals surface area contributed by atoms with Gasteiger partial charge in [-0.15, -0.1) is 0 Å². The summed E-state index contributed by atoms with van der Waals surface area (Å²) in [6.45, 7) is 4.91. The number of nitrogens with two attached hydrogens (primary N) is 2. The molecule has 0 radical (unpaired) electrons. The number of amidine groups is 2. The van der Waals surface area contributed by atoms with E-state index in [-0.39, 0.29) is 17.7 Å². The zero-order chi connectivity index (χ0) is 27.9. The van der Waals surface area contributed by atoms with E-state index in [1.54, 1.807) is 62.4 Å². The van der Waals surface area contributed by atoms with Crippen molar-refractivity contribution in [3.8, 4) is 0 Å². The molecule has 2 aromatic carbocycles. The number of nitrogens with one attached hydrogen (secondary N) is 5. The first-order valence-corrected chi connectivity index (χ1v) is 12.4. The maximum absolute atomic E-state index is 12.9. The molecule has 2 heterocycles. The van der Waals surface area contributed by atoms with Gasteiger partial charge < -0.3 is 37.4 Å². The van der Waals surface area contributed by atoms with Gasteiger partial charge in [0.2, 0.25) is 0 Å². The third-order valence-corrected chi connectivity index (χ3v) is 5.77. The van der Waals surface area contributed by atoms with E-state index in [1.807, 2.05) is 0 Å². The Hall–Kier alpha value is -5.13. The summed E-state index contributed by atoms with van der Waals surface area (Å²) >= 11 is 0. The molecule has 0 unspecified atom stereocenters. The van der Waals surface area contributed by atoms with E-state index >= 15 is 0 Å². The molecule has 4 aromatic rings. The molecule has 0 spiro atoms. The Kier molecular flexibility index (Phi) is 8.24. The van der Waals surface area contributed by atoms with Crippen molar-refractivity contribution in [2.75, 3.05) is 31.5 Å². The largest absolute Gasteiger partial charge is 0.388 e. The molecule has 3 amide bonds. The van der Waals surface area contributed by atoms with Crippen LogP contribution in [-0.4, -0.2) is 65.5 Å². The van der Waals surface area contributed by atoms with Crippen LogP contribution in [0.5, 0.6) is 0 Å². The number of aromatic amines is 2. The zero-order valence-electron chi connectivity index (χ0n) is 21.7. The van der Waals surface area contributed by atoms with Crippen molar-refractivity contribution in [3.05, 3.63) is 65.5 Å². The van der Waals surface area contributed by atoms with Crippen LogP contribution >= 0.6 is 0 Å². The topological polar surface area (TPSA) is 196 Å². The Labute approximate surface area is 224 Å². The number of fused-ring (bicyclic) bond motifs is 2. The van der Waals surface area contributed by atoms with E-state index in [0.717, 1.165) is 21.8 Å². The molecule has 0 aliphatic carbocycles. The number of H-pyrrole nitrogens is 2. The van der Waals surface area contributed by atoms with Gasteiger partial charge in [0, 0.05) is 46.1 Å². The fourth-order valence-electron chi connectivity index (χ4n) is 3.93. The fraction of sp³-hybridized carbons (Fsp3) is 0.222. The van der Waals surface area contributed by atoms with Crippen LogP contribution in [0.1, 0.15) is 45.2 Å². The number of carbonyl (C=O) groups is 3. The highest BCUT2D eigenvalue weighted by Crippen LogP contribution is 2.22. The first kappa shape index (κ1) is 26.9. The van der Waals surface area contributed by atoms with Crippen molar-refractivity contribution < 1.29 is 14.4 Å². The van der Waals surface area contributed by atoms with Gasteiger partial charge in [-0.05, 0) is 62.4 Å². The van der Waals surface area contributed by atoms with Crippen LogP contribution in [-0.2, 0) is 0 Å². The molecule has 0 bridgehead atoms. The van der Waals surface area contributed by atoms with Gasteiger partial charge in [-0.2, -0.15) is 0 Å². The molecule has 0 fully saturated rings. The summed E-state index contributed by atoms with van der Waals surface area (Å²) < 4.78 is 0. The highest BCUT2D eigenvalue weighted by molar-refractivity contribution is 6.08. The van der Waals surface area contributed by atoms with Crippen molar-refractivity contribution in [3.63, 3.8) is 0 Å². The van der Waals surface area contributed by atoms with Crippen molar-refractivity contribution in [2.24, 2.45) is 21.5 Å². The number of hydrogen-bond acceptors (Lipinski definition) is 5. The van der Waals surface area contributed by atoms with Gasteiger partial charge in [-0.1, -0.05) is 0 Å². The summed E-state index contributed by atoms with van der Waals surface area (Å²) in [5.74, 6) is 0.0956. The average Bonchev–Trinajstić information content (AvgIpc) is 3.52. The van der Waals surface area contributed by atoms with Crippen LogP contribution in [0.2, 0.25) is 0 Å². The van der Waals surface area contributed by atoms with Crippen molar-refractivity contribution in [2.45, 2.75) is 13.8 Å².